The van der Waals surface area contributed by atoms with E-state index in [0.29, 0.717) is 17.9 Å². The van der Waals surface area contributed by atoms with Crippen LogP contribution in [0, 0.1) is 11.8 Å². The number of carbonyl (C=O) groups excluding carboxylic acids is 1. The Bertz CT molecular complexity index is 1140. The van der Waals surface area contributed by atoms with Gasteiger partial charge in [0, 0.05) is 30.7 Å². The van der Waals surface area contributed by atoms with Gasteiger partial charge in [0.1, 0.15) is 0 Å². The van der Waals surface area contributed by atoms with Crippen LogP contribution >= 0.6 is 0 Å². The smallest absolute Gasteiger partial charge is 0.207 e. The Hall–Kier alpha value is -3.34. The van der Waals surface area contributed by atoms with Gasteiger partial charge in [-0.2, -0.15) is 0 Å². The van der Waals surface area contributed by atoms with Crippen LogP contribution in [0.25, 0.3) is 5.69 Å². The van der Waals surface area contributed by atoms with Gasteiger partial charge in [-0.05, 0) is 60.8 Å². The number of allylic oxidation sites excluding steroid dienone is 1. The van der Waals surface area contributed by atoms with Crippen molar-refractivity contribution in [3.63, 3.8) is 0 Å². The molecule has 0 spiro atoms. The molecule has 0 saturated carbocycles. The number of fused-ring (bicyclic) bond motifs is 1. The molecule has 196 valence electrons. The highest BCUT2D eigenvalue weighted by Crippen LogP contribution is 2.35. The number of carbonyl (C=O) groups is 1. The summed E-state index contributed by atoms with van der Waals surface area (Å²) in [7, 11) is 0. The Morgan fingerprint density at radius 3 is 2.35 bits per heavy atom. The first-order chi connectivity index (χ1) is 18.1. The zero-order valence-corrected chi connectivity index (χ0v) is 22.8. The molecule has 0 fully saturated rings. The van der Waals surface area contributed by atoms with Crippen molar-refractivity contribution in [2.45, 2.75) is 78.4 Å². The Labute approximate surface area is 222 Å². The summed E-state index contributed by atoms with van der Waals surface area (Å²) < 4.78 is 2.09. The summed E-state index contributed by atoms with van der Waals surface area (Å²) in [5.74, 6) is 0.888. The van der Waals surface area contributed by atoms with Gasteiger partial charge in [0.15, 0.2) is 0 Å². The van der Waals surface area contributed by atoms with Crippen LogP contribution in [0.1, 0.15) is 63.6 Å². The average Bonchev–Trinajstić information content (AvgIpc) is 3.61. The molecule has 37 heavy (non-hydrogen) atoms. The standard InChI is InChI=1S/C32H42N4O/c1-5-12-31(32(34-23-37)29-19-26-13-8-9-14-27(26)20-29)36(24(4)25(6-2)7-3)21-28-15-10-11-16-30(28)35-18-17-33-22-35/h8-18,22-25,29,32H,5-7,19-21H2,1-4H3,(H,34,37). The minimum atomic E-state index is -0.0398. The van der Waals surface area contributed by atoms with Crippen molar-refractivity contribution in [2.24, 2.45) is 11.8 Å². The first kappa shape index (κ1) is 26.7. The molecule has 1 aliphatic carbocycles. The molecular formula is C32H42N4O. The van der Waals surface area contributed by atoms with Crippen LogP contribution in [0.15, 0.2) is 79.0 Å². The second kappa shape index (κ2) is 12.8. The number of amides is 1. The molecule has 0 bridgehead atoms. The number of aromatic nitrogens is 2. The van der Waals surface area contributed by atoms with Crippen LogP contribution in [-0.2, 0) is 24.2 Å². The second-order valence-corrected chi connectivity index (χ2v) is 10.3. The fourth-order valence-electron chi connectivity index (χ4n) is 6.17. The highest BCUT2D eigenvalue weighted by atomic mass is 16.1. The highest BCUT2D eigenvalue weighted by Gasteiger charge is 2.35. The largest absolute Gasteiger partial charge is 0.366 e. The van der Waals surface area contributed by atoms with E-state index in [-0.39, 0.29) is 6.04 Å². The number of benzene rings is 2. The van der Waals surface area contributed by atoms with E-state index in [4.69, 9.17) is 0 Å². The zero-order valence-electron chi connectivity index (χ0n) is 22.8. The van der Waals surface area contributed by atoms with Crippen LogP contribution < -0.4 is 5.32 Å². The predicted molar refractivity (Wildman–Crippen MR) is 151 cm³/mol. The van der Waals surface area contributed by atoms with Crippen molar-refractivity contribution < 1.29 is 4.79 Å². The molecule has 2 atom stereocenters. The Balaban J connectivity index is 1.75. The SMILES string of the molecule is CCC=C(C(NC=O)C1Cc2ccccc2C1)N(Cc1ccccc1-n1ccnc1)C(C)C(CC)CC. The average molecular weight is 499 g/mol. The van der Waals surface area contributed by atoms with Crippen molar-refractivity contribution in [2.75, 3.05) is 0 Å². The number of para-hydroxylation sites is 1. The first-order valence-corrected chi connectivity index (χ1v) is 13.9. The van der Waals surface area contributed by atoms with Gasteiger partial charge in [-0.1, -0.05) is 82.2 Å². The number of hydrogen-bond acceptors (Lipinski definition) is 3. The molecule has 3 aromatic rings. The maximum atomic E-state index is 12.0. The number of rotatable bonds is 13. The van der Waals surface area contributed by atoms with Gasteiger partial charge in [-0.25, -0.2) is 4.98 Å². The van der Waals surface area contributed by atoms with Crippen LogP contribution in [0.2, 0.25) is 0 Å². The van der Waals surface area contributed by atoms with E-state index >= 15 is 0 Å². The molecular weight excluding hydrogens is 456 g/mol. The van der Waals surface area contributed by atoms with Crippen LogP contribution in [-0.4, -0.2) is 32.9 Å². The van der Waals surface area contributed by atoms with Gasteiger partial charge in [-0.3, -0.25) is 4.79 Å². The lowest BCUT2D eigenvalue weighted by atomic mass is 9.88. The van der Waals surface area contributed by atoms with Gasteiger partial charge in [0.2, 0.25) is 6.41 Å². The van der Waals surface area contributed by atoms with E-state index in [1.807, 2.05) is 18.7 Å². The molecule has 5 nitrogen and oxygen atoms in total. The topological polar surface area (TPSA) is 50.2 Å². The fourth-order valence-corrected chi connectivity index (χ4v) is 6.17. The summed E-state index contributed by atoms with van der Waals surface area (Å²) in [4.78, 5) is 18.9. The Morgan fingerprint density at radius 2 is 1.76 bits per heavy atom. The highest BCUT2D eigenvalue weighted by molar-refractivity contribution is 5.49. The molecule has 0 saturated heterocycles. The lowest BCUT2D eigenvalue weighted by Gasteiger charge is -2.42. The fraction of sp³-hybridized carbons (Fsp3) is 0.438. The number of nitrogens with one attached hydrogen (secondary N) is 1. The quantitative estimate of drug-likeness (QED) is 0.281. The van der Waals surface area contributed by atoms with E-state index in [0.717, 1.165) is 50.7 Å². The molecule has 4 rings (SSSR count). The third-order valence-electron chi connectivity index (χ3n) is 8.20. The van der Waals surface area contributed by atoms with Gasteiger partial charge in [-0.15, -0.1) is 0 Å². The molecule has 5 heteroatoms. The van der Waals surface area contributed by atoms with E-state index in [2.05, 4.69) is 102 Å². The van der Waals surface area contributed by atoms with Crippen molar-refractivity contribution in [3.05, 3.63) is 95.7 Å². The second-order valence-electron chi connectivity index (χ2n) is 10.3. The summed E-state index contributed by atoms with van der Waals surface area (Å²) in [5.41, 5.74) is 6.45. The van der Waals surface area contributed by atoms with Crippen molar-refractivity contribution in [1.82, 2.24) is 19.8 Å². The summed E-state index contributed by atoms with van der Waals surface area (Å²) in [6.07, 6.45) is 14.1. The number of nitrogens with zero attached hydrogens (tertiary/aromatic N) is 3. The maximum absolute atomic E-state index is 12.0. The molecule has 1 aromatic heterocycles. The molecule has 2 aromatic carbocycles. The minimum absolute atomic E-state index is 0.0398. The number of imidazole rings is 1. The van der Waals surface area contributed by atoms with Crippen molar-refractivity contribution >= 4 is 6.41 Å². The summed E-state index contributed by atoms with van der Waals surface area (Å²) in [5, 5.41) is 3.28. The third-order valence-corrected chi connectivity index (χ3v) is 8.20. The summed E-state index contributed by atoms with van der Waals surface area (Å²) in [6, 6.07) is 17.6. The Morgan fingerprint density at radius 1 is 1.08 bits per heavy atom. The summed E-state index contributed by atoms with van der Waals surface area (Å²) >= 11 is 0. The van der Waals surface area contributed by atoms with E-state index < -0.39 is 0 Å². The van der Waals surface area contributed by atoms with Crippen molar-refractivity contribution in [1.29, 1.82) is 0 Å². The van der Waals surface area contributed by atoms with Crippen LogP contribution in [0.4, 0.5) is 0 Å². The van der Waals surface area contributed by atoms with Crippen LogP contribution in [0.5, 0.6) is 0 Å². The van der Waals surface area contributed by atoms with E-state index in [9.17, 15) is 4.79 Å². The summed E-state index contributed by atoms with van der Waals surface area (Å²) in [6.45, 7) is 9.91. The molecule has 1 N–H and O–H groups in total. The molecule has 0 radical (unpaired) electrons. The maximum Gasteiger partial charge on any atom is 0.207 e. The van der Waals surface area contributed by atoms with Gasteiger partial charge >= 0.3 is 0 Å². The zero-order chi connectivity index (χ0) is 26.2. The monoisotopic (exact) mass is 498 g/mol. The van der Waals surface area contributed by atoms with E-state index in [1.54, 1.807) is 0 Å². The van der Waals surface area contributed by atoms with Gasteiger partial charge < -0.3 is 14.8 Å². The minimum Gasteiger partial charge on any atom is -0.366 e. The van der Waals surface area contributed by atoms with Crippen molar-refractivity contribution in [3.8, 4) is 5.69 Å². The first-order valence-electron chi connectivity index (χ1n) is 13.9. The Kier molecular flexibility index (Phi) is 9.21. The molecule has 1 aliphatic rings. The third kappa shape index (κ3) is 5.98. The van der Waals surface area contributed by atoms with E-state index in [1.165, 1.54) is 22.4 Å². The predicted octanol–water partition coefficient (Wildman–Crippen LogP) is 6.32. The normalized spacial score (nSPS) is 15.4. The van der Waals surface area contributed by atoms with Gasteiger partial charge in [0.25, 0.3) is 0 Å². The lowest BCUT2D eigenvalue weighted by molar-refractivity contribution is -0.110. The molecule has 0 aliphatic heterocycles. The molecule has 2 unspecified atom stereocenters. The van der Waals surface area contributed by atoms with Crippen LogP contribution in [0.3, 0.4) is 0 Å². The lowest BCUT2D eigenvalue weighted by Crippen LogP contribution is -2.48. The van der Waals surface area contributed by atoms with Gasteiger partial charge in [0.05, 0.1) is 18.1 Å². The molecule has 1 amide bonds. The molecule has 1 heterocycles. The number of hydrogen-bond donors (Lipinski definition) is 1.